The minimum Gasteiger partial charge on any atom is -0.397 e. The summed E-state index contributed by atoms with van der Waals surface area (Å²) < 4.78 is 41.4. The maximum absolute atomic E-state index is 14.1. The molecule has 0 radical (unpaired) electrons. The Labute approximate surface area is 293 Å². The first kappa shape index (κ1) is 35.6. The number of halogens is 4. The monoisotopic (exact) mass is 724 g/mol. The Morgan fingerprint density at radius 2 is 1.71 bits per heavy atom. The van der Waals surface area contributed by atoms with Gasteiger partial charge in [-0.2, -0.15) is 13.2 Å². The van der Waals surface area contributed by atoms with Crippen LogP contribution in [-0.4, -0.2) is 120 Å². The largest absolute Gasteiger partial charge is 0.418 e. The number of nitrogens with one attached hydrogen (secondary N) is 2. The fourth-order valence-corrected chi connectivity index (χ4v) is 8.54. The number of hydrogen-bond acceptors (Lipinski definition) is 7. The van der Waals surface area contributed by atoms with E-state index < -0.39 is 29.5 Å². The van der Waals surface area contributed by atoms with Crippen LogP contribution in [0.4, 0.5) is 34.1 Å². The highest BCUT2D eigenvalue weighted by atomic mass is 35.5. The molecule has 4 N–H and O–H groups in total. The average Bonchev–Trinajstić information content (AvgIpc) is 3.42. The Hall–Kier alpha value is -3.27. The number of benzene rings is 1. The lowest BCUT2D eigenvalue weighted by atomic mass is 9.98. The van der Waals surface area contributed by atoms with Crippen molar-refractivity contribution < 1.29 is 27.6 Å². The molecule has 4 aliphatic rings. The van der Waals surface area contributed by atoms with Crippen molar-refractivity contribution in [1.29, 1.82) is 0 Å². The smallest absolute Gasteiger partial charge is 0.397 e. The Balaban J connectivity index is 1.13. The van der Waals surface area contributed by atoms with Gasteiger partial charge in [0.05, 0.1) is 28.5 Å². The molecule has 1 aromatic heterocycles. The molecule has 1 atom stereocenters. The van der Waals surface area contributed by atoms with E-state index in [9.17, 15) is 27.6 Å². The average molecular weight is 725 g/mol. The topological polar surface area (TPSA) is 117 Å². The fraction of sp³-hybridized carbons (Fsp3) is 0.606. The van der Waals surface area contributed by atoms with Crippen molar-refractivity contribution in [3.05, 3.63) is 44.6 Å². The van der Waals surface area contributed by atoms with E-state index in [2.05, 4.69) is 27.5 Å². The number of urea groups is 2. The van der Waals surface area contributed by atoms with Crippen LogP contribution in [0.5, 0.6) is 0 Å². The lowest BCUT2D eigenvalue weighted by Crippen LogP contribution is -2.57. The van der Waals surface area contributed by atoms with E-state index >= 15 is 0 Å². The van der Waals surface area contributed by atoms with Crippen molar-refractivity contribution in [2.75, 3.05) is 70.5 Å². The predicted octanol–water partition coefficient (Wildman–Crippen LogP) is 4.76. The molecule has 3 saturated heterocycles. The number of likely N-dealkylation sites (N-methyl/N-ethyl adjacent to an activating group) is 1. The number of nitrogen functional groups attached to an aromatic ring is 1. The molecule has 49 heavy (non-hydrogen) atoms. The van der Waals surface area contributed by atoms with E-state index in [1.807, 2.05) is 11.4 Å². The van der Waals surface area contributed by atoms with Crippen LogP contribution in [-0.2, 0) is 23.9 Å². The molecule has 3 fully saturated rings. The van der Waals surface area contributed by atoms with Crippen LogP contribution in [0.15, 0.2) is 23.6 Å². The molecule has 6 rings (SSSR count). The third-order valence-corrected chi connectivity index (χ3v) is 11.5. The van der Waals surface area contributed by atoms with E-state index in [1.165, 1.54) is 6.07 Å². The van der Waals surface area contributed by atoms with E-state index in [1.54, 1.807) is 26.0 Å². The normalized spacial score (nSPS) is 21.2. The molecule has 11 nitrogen and oxygen atoms in total. The second-order valence-electron chi connectivity index (χ2n) is 13.5. The summed E-state index contributed by atoms with van der Waals surface area (Å²) in [6.07, 6.45) is -1.15. The first-order valence-corrected chi connectivity index (χ1v) is 18.2. The molecule has 1 aromatic carbocycles. The van der Waals surface area contributed by atoms with E-state index in [4.69, 9.17) is 17.3 Å². The van der Waals surface area contributed by atoms with E-state index in [0.717, 1.165) is 62.1 Å². The molecule has 5 amide bonds. The van der Waals surface area contributed by atoms with Crippen LogP contribution in [0.25, 0.3) is 0 Å². The summed E-state index contributed by atoms with van der Waals surface area (Å²) >= 11 is 7.71. The maximum Gasteiger partial charge on any atom is 0.418 e. The molecule has 0 aliphatic carbocycles. The van der Waals surface area contributed by atoms with Crippen molar-refractivity contribution in [3.8, 4) is 0 Å². The summed E-state index contributed by atoms with van der Waals surface area (Å²) in [5.74, 6) is -0.337. The van der Waals surface area contributed by atoms with Crippen molar-refractivity contribution in [3.63, 3.8) is 0 Å². The summed E-state index contributed by atoms with van der Waals surface area (Å²) in [6, 6.07) is 2.68. The summed E-state index contributed by atoms with van der Waals surface area (Å²) in [7, 11) is 2.13. The highest BCUT2D eigenvalue weighted by Crippen LogP contribution is 2.38. The Morgan fingerprint density at radius 3 is 2.43 bits per heavy atom. The van der Waals surface area contributed by atoms with Crippen molar-refractivity contribution in [1.82, 2.24) is 29.8 Å². The number of carbonyl (C=O) groups is 3. The van der Waals surface area contributed by atoms with Gasteiger partial charge in [-0.1, -0.05) is 11.6 Å². The first-order valence-electron chi connectivity index (χ1n) is 16.9. The summed E-state index contributed by atoms with van der Waals surface area (Å²) in [6.45, 7) is 6.26. The van der Waals surface area contributed by atoms with Gasteiger partial charge in [0.2, 0.25) is 5.91 Å². The Kier molecular flexibility index (Phi) is 10.8. The number of carbonyl (C=O) groups excluding carboxylic acids is 3. The van der Waals surface area contributed by atoms with Crippen LogP contribution < -0.4 is 16.4 Å². The molecular weight excluding hydrogens is 681 g/mol. The Bertz CT molecular complexity index is 1530. The zero-order chi connectivity index (χ0) is 34.9. The summed E-state index contributed by atoms with van der Waals surface area (Å²) in [5, 5.41) is 7.47. The molecular formula is C33H44ClF3N8O3S. The third-order valence-electron chi connectivity index (χ3n) is 10.3. The van der Waals surface area contributed by atoms with Crippen LogP contribution in [0.2, 0.25) is 5.02 Å². The standard InChI is InChI=1S/C33H44ClF3N8O3S/c1-41-8-2-9-42(15-14-41)22-3-10-43(11-4-22)30(46)27(19-21-17-24(33(35,36)37)29(38)25(34)18-21)40-31(47)44-12-5-23(6-13-44)45-20-28-26(7-16-49-28)39-32(45)48/h7,16-18,22-23,27H,2-6,8-15,19-20,38H2,1H3,(H,39,48)(H,40,47)/t27-/m1/s1. The second kappa shape index (κ2) is 14.9. The van der Waals surface area contributed by atoms with Crippen LogP contribution >= 0.6 is 22.9 Å². The second-order valence-corrected chi connectivity index (χ2v) is 14.9. The van der Waals surface area contributed by atoms with Gasteiger partial charge in [0.25, 0.3) is 0 Å². The van der Waals surface area contributed by atoms with Gasteiger partial charge in [-0.3, -0.25) is 9.69 Å². The molecule has 4 aliphatic heterocycles. The SMILES string of the molecule is CN1CCCN(C2CCN(C(=O)[C@@H](Cc3cc(Cl)c(N)c(C(F)(F)F)c3)NC(=O)N3CCC(N4Cc5sccc5NC4=O)CC3)CC2)CC1. The number of anilines is 2. The third kappa shape index (κ3) is 8.21. The molecule has 5 heterocycles. The van der Waals surface area contributed by atoms with Gasteiger partial charge >= 0.3 is 18.2 Å². The zero-order valence-corrected chi connectivity index (χ0v) is 29.2. The van der Waals surface area contributed by atoms with Crippen LogP contribution in [0.3, 0.4) is 0 Å². The number of hydrogen-bond donors (Lipinski definition) is 3. The molecule has 268 valence electrons. The van der Waals surface area contributed by atoms with Gasteiger partial charge in [0, 0.05) is 62.7 Å². The number of rotatable bonds is 6. The number of thiophene rings is 1. The van der Waals surface area contributed by atoms with Gasteiger partial charge in [0.15, 0.2) is 0 Å². The van der Waals surface area contributed by atoms with Crippen LogP contribution in [0, 0.1) is 0 Å². The van der Waals surface area contributed by atoms with Gasteiger partial charge < -0.3 is 36.0 Å². The number of piperidine rings is 2. The number of nitrogens with two attached hydrogens (primary N) is 1. The predicted molar refractivity (Wildman–Crippen MR) is 184 cm³/mol. The summed E-state index contributed by atoms with van der Waals surface area (Å²) in [5.41, 5.74) is 5.00. The maximum atomic E-state index is 14.1. The lowest BCUT2D eigenvalue weighted by molar-refractivity contribution is -0.137. The van der Waals surface area contributed by atoms with Gasteiger partial charge in [0.1, 0.15) is 6.04 Å². The van der Waals surface area contributed by atoms with Gasteiger partial charge in [-0.05, 0) is 81.4 Å². The number of likely N-dealkylation sites (tertiary alicyclic amines) is 2. The fourth-order valence-electron chi connectivity index (χ4n) is 7.47. The van der Waals surface area contributed by atoms with E-state index in [0.29, 0.717) is 51.6 Å². The lowest BCUT2D eigenvalue weighted by Gasteiger charge is -2.41. The minimum atomic E-state index is -4.74. The van der Waals surface area contributed by atoms with E-state index in [-0.39, 0.29) is 35.0 Å². The molecule has 16 heteroatoms. The molecule has 0 saturated carbocycles. The number of amides is 5. The number of nitrogens with zero attached hydrogens (tertiary/aromatic N) is 5. The van der Waals surface area contributed by atoms with Gasteiger partial charge in [-0.25, -0.2) is 9.59 Å². The van der Waals surface area contributed by atoms with Crippen molar-refractivity contribution >= 4 is 52.3 Å². The molecule has 0 bridgehead atoms. The number of fused-ring (bicyclic) bond motifs is 1. The van der Waals surface area contributed by atoms with Gasteiger partial charge in [-0.15, -0.1) is 11.3 Å². The highest BCUT2D eigenvalue weighted by molar-refractivity contribution is 7.10. The molecule has 0 unspecified atom stereocenters. The van der Waals surface area contributed by atoms with Crippen LogP contribution in [0.1, 0.15) is 48.1 Å². The van der Waals surface area contributed by atoms with Crippen molar-refractivity contribution in [2.24, 2.45) is 0 Å². The Morgan fingerprint density at radius 1 is 1.02 bits per heavy atom. The number of alkyl halides is 3. The highest BCUT2D eigenvalue weighted by Gasteiger charge is 2.38. The van der Waals surface area contributed by atoms with Crippen molar-refractivity contribution in [2.45, 2.75) is 69.4 Å². The quantitative estimate of drug-likeness (QED) is 0.370. The summed E-state index contributed by atoms with van der Waals surface area (Å²) in [4.78, 5) is 51.5. The molecule has 2 aromatic rings. The minimum absolute atomic E-state index is 0.0552. The molecule has 0 spiro atoms. The first-order chi connectivity index (χ1) is 23.4. The zero-order valence-electron chi connectivity index (χ0n) is 27.6.